The second kappa shape index (κ2) is 11.9. The lowest BCUT2D eigenvalue weighted by molar-refractivity contribution is 0.133. The largest absolute Gasteiger partial charge is 0.312 e. The number of rotatable bonds is 8. The van der Waals surface area contributed by atoms with Crippen molar-refractivity contribution >= 4 is 29.1 Å². The van der Waals surface area contributed by atoms with Crippen molar-refractivity contribution in [1.29, 1.82) is 0 Å². The van der Waals surface area contributed by atoms with Gasteiger partial charge in [0, 0.05) is 23.4 Å². The SMILES string of the molecule is Cc1cccc(N(Cc2ccc(C3=NN=C(C(F)F)C3)cc2)SC2CCN(C3CCCCC3)CC2)c1. The van der Waals surface area contributed by atoms with Crippen molar-refractivity contribution in [2.45, 2.75) is 82.6 Å². The van der Waals surface area contributed by atoms with Crippen LogP contribution in [0.4, 0.5) is 14.5 Å². The van der Waals surface area contributed by atoms with E-state index in [1.807, 2.05) is 24.1 Å². The third-order valence-electron chi connectivity index (χ3n) is 7.65. The van der Waals surface area contributed by atoms with Gasteiger partial charge in [-0.25, -0.2) is 8.78 Å². The van der Waals surface area contributed by atoms with Crippen molar-refractivity contribution in [2.24, 2.45) is 10.2 Å². The molecule has 1 saturated heterocycles. The fourth-order valence-electron chi connectivity index (χ4n) is 5.56. The summed E-state index contributed by atoms with van der Waals surface area (Å²) in [5.74, 6) is 0. The number of aryl methyl sites for hydroxylation is 1. The highest BCUT2D eigenvalue weighted by Gasteiger charge is 2.28. The van der Waals surface area contributed by atoms with Crippen LogP contribution in [0.2, 0.25) is 0 Å². The Labute approximate surface area is 218 Å². The third-order valence-corrected chi connectivity index (χ3v) is 9.01. The van der Waals surface area contributed by atoms with Crippen LogP contribution in [-0.2, 0) is 6.54 Å². The summed E-state index contributed by atoms with van der Waals surface area (Å²) in [7, 11) is 0. The predicted octanol–water partition coefficient (Wildman–Crippen LogP) is 7.26. The quantitative estimate of drug-likeness (QED) is 0.350. The number of benzene rings is 2. The van der Waals surface area contributed by atoms with E-state index in [1.165, 1.54) is 74.8 Å². The van der Waals surface area contributed by atoms with Crippen LogP contribution in [-0.4, -0.2) is 47.1 Å². The minimum atomic E-state index is -2.54. The topological polar surface area (TPSA) is 31.2 Å². The van der Waals surface area contributed by atoms with Crippen molar-refractivity contribution in [3.05, 3.63) is 65.2 Å². The van der Waals surface area contributed by atoms with Gasteiger partial charge >= 0.3 is 0 Å². The average Bonchev–Trinajstić information content (AvgIpc) is 3.41. The normalized spacial score (nSPS) is 20.0. The van der Waals surface area contributed by atoms with Crippen LogP contribution in [0.25, 0.3) is 0 Å². The lowest BCUT2D eigenvalue weighted by Gasteiger charge is -2.40. The Kier molecular flexibility index (Phi) is 8.37. The molecule has 0 radical (unpaired) electrons. The highest BCUT2D eigenvalue weighted by atomic mass is 32.2. The maximum absolute atomic E-state index is 12.9. The monoisotopic (exact) mass is 510 g/mol. The summed E-state index contributed by atoms with van der Waals surface area (Å²) in [4.78, 5) is 2.75. The molecule has 0 atom stereocenters. The van der Waals surface area contributed by atoms with E-state index in [9.17, 15) is 8.78 Å². The molecule has 36 heavy (non-hydrogen) atoms. The Morgan fingerprint density at radius 1 is 0.972 bits per heavy atom. The summed E-state index contributed by atoms with van der Waals surface area (Å²) in [6.45, 7) is 5.36. The van der Waals surface area contributed by atoms with Crippen LogP contribution in [0.3, 0.4) is 0 Å². The van der Waals surface area contributed by atoms with E-state index in [0.29, 0.717) is 11.0 Å². The molecular formula is C29H36F2N4S. The lowest BCUT2D eigenvalue weighted by atomic mass is 9.93. The maximum atomic E-state index is 12.9. The Bertz CT molecular complexity index is 1070. The van der Waals surface area contributed by atoms with Gasteiger partial charge in [-0.15, -0.1) is 0 Å². The Morgan fingerprint density at radius 2 is 1.72 bits per heavy atom. The number of nitrogens with zero attached hydrogens (tertiary/aromatic N) is 4. The predicted molar refractivity (Wildman–Crippen MR) is 147 cm³/mol. The van der Waals surface area contributed by atoms with Crippen LogP contribution in [0.15, 0.2) is 58.7 Å². The number of hydrogen-bond donors (Lipinski definition) is 0. The van der Waals surface area contributed by atoms with Gasteiger partial charge in [-0.05, 0) is 86.5 Å². The summed E-state index contributed by atoms with van der Waals surface area (Å²) in [6, 6.07) is 17.7. The molecule has 0 N–H and O–H groups in total. The van der Waals surface area contributed by atoms with E-state index < -0.39 is 6.43 Å². The molecule has 1 saturated carbocycles. The van der Waals surface area contributed by atoms with Crippen molar-refractivity contribution in [2.75, 3.05) is 17.4 Å². The van der Waals surface area contributed by atoms with Gasteiger partial charge in [0.2, 0.25) is 0 Å². The van der Waals surface area contributed by atoms with Gasteiger partial charge < -0.3 is 9.21 Å². The zero-order valence-corrected chi connectivity index (χ0v) is 21.9. The third kappa shape index (κ3) is 6.35. The van der Waals surface area contributed by atoms with E-state index in [-0.39, 0.29) is 12.1 Å². The first kappa shape index (κ1) is 25.4. The van der Waals surface area contributed by atoms with E-state index in [2.05, 4.69) is 62.7 Å². The average molecular weight is 511 g/mol. The van der Waals surface area contributed by atoms with Crippen molar-refractivity contribution in [1.82, 2.24) is 4.90 Å². The molecule has 5 rings (SSSR count). The maximum Gasteiger partial charge on any atom is 0.278 e. The Balaban J connectivity index is 1.23. The van der Waals surface area contributed by atoms with Crippen LogP contribution in [0.5, 0.6) is 0 Å². The van der Waals surface area contributed by atoms with Crippen LogP contribution in [0, 0.1) is 6.92 Å². The van der Waals surface area contributed by atoms with Crippen molar-refractivity contribution in [3.8, 4) is 0 Å². The van der Waals surface area contributed by atoms with Gasteiger partial charge in [0.1, 0.15) is 5.71 Å². The molecule has 7 heteroatoms. The smallest absolute Gasteiger partial charge is 0.278 e. The number of hydrogen-bond acceptors (Lipinski definition) is 5. The first-order valence-corrected chi connectivity index (χ1v) is 14.1. The van der Waals surface area contributed by atoms with Gasteiger partial charge in [0.15, 0.2) is 0 Å². The van der Waals surface area contributed by atoms with Crippen molar-refractivity contribution in [3.63, 3.8) is 0 Å². The standard InChI is InChI=1S/C29H36F2N4S/c1-21-6-5-9-25(18-21)35(36-26-14-16-34(17-15-26)24-7-3-2-4-8-24)20-22-10-12-23(13-11-22)27-19-28(29(30)31)33-32-27/h5-6,9-13,18,24,26,29H,2-4,7-8,14-17,19-20H2,1H3. The molecule has 2 aliphatic heterocycles. The summed E-state index contributed by atoms with van der Waals surface area (Å²) in [6.07, 6.45) is 7.01. The molecule has 2 aromatic rings. The molecule has 1 aliphatic carbocycles. The second-order valence-electron chi connectivity index (χ2n) is 10.3. The molecular weight excluding hydrogens is 474 g/mol. The minimum absolute atomic E-state index is 0.127. The highest BCUT2D eigenvalue weighted by Crippen LogP contribution is 2.35. The molecule has 0 amide bonds. The molecule has 2 fully saturated rings. The number of likely N-dealkylation sites (tertiary alicyclic amines) is 1. The van der Waals surface area contributed by atoms with E-state index in [1.54, 1.807) is 0 Å². The Morgan fingerprint density at radius 3 is 2.39 bits per heavy atom. The lowest BCUT2D eigenvalue weighted by Crippen LogP contribution is -2.43. The van der Waals surface area contributed by atoms with Crippen LogP contribution < -0.4 is 4.31 Å². The van der Waals surface area contributed by atoms with E-state index in [4.69, 9.17) is 0 Å². The molecule has 2 heterocycles. The molecule has 3 aliphatic rings. The fraction of sp³-hybridized carbons (Fsp3) is 0.517. The molecule has 192 valence electrons. The second-order valence-corrected chi connectivity index (χ2v) is 11.6. The first-order chi connectivity index (χ1) is 17.5. The van der Waals surface area contributed by atoms with Gasteiger partial charge in [0.25, 0.3) is 6.43 Å². The van der Waals surface area contributed by atoms with Gasteiger partial charge in [-0.3, -0.25) is 0 Å². The molecule has 0 aromatic heterocycles. The Hall–Kier alpha value is -2.25. The van der Waals surface area contributed by atoms with Gasteiger partial charge in [0.05, 0.1) is 12.3 Å². The summed E-state index contributed by atoms with van der Waals surface area (Å²) < 4.78 is 28.3. The zero-order valence-electron chi connectivity index (χ0n) is 21.1. The molecule has 0 spiro atoms. The molecule has 4 nitrogen and oxygen atoms in total. The fourth-order valence-corrected chi connectivity index (χ4v) is 6.80. The van der Waals surface area contributed by atoms with Crippen LogP contribution in [0.1, 0.15) is 68.1 Å². The number of piperidine rings is 1. The van der Waals surface area contributed by atoms with Crippen LogP contribution >= 0.6 is 11.9 Å². The summed E-state index contributed by atoms with van der Waals surface area (Å²) >= 11 is 1.99. The molecule has 0 unspecified atom stereocenters. The van der Waals surface area contributed by atoms with Crippen molar-refractivity contribution < 1.29 is 8.78 Å². The molecule has 0 bridgehead atoms. The summed E-state index contributed by atoms with van der Waals surface area (Å²) in [5, 5.41) is 8.24. The number of alkyl halides is 2. The number of anilines is 1. The van der Waals surface area contributed by atoms with Gasteiger partial charge in [-0.1, -0.05) is 55.7 Å². The highest BCUT2D eigenvalue weighted by molar-refractivity contribution is 8.01. The van der Waals surface area contributed by atoms with E-state index >= 15 is 0 Å². The summed E-state index contributed by atoms with van der Waals surface area (Å²) in [5.41, 5.74) is 5.02. The first-order valence-electron chi connectivity index (χ1n) is 13.3. The number of halogens is 2. The molecule has 2 aromatic carbocycles. The van der Waals surface area contributed by atoms with Gasteiger partial charge in [-0.2, -0.15) is 10.2 Å². The van der Waals surface area contributed by atoms with E-state index in [0.717, 1.165) is 18.2 Å². The zero-order chi connectivity index (χ0) is 24.9. The minimum Gasteiger partial charge on any atom is -0.312 e.